The number of hydrazine groups is 1. The Kier molecular flexibility index (Phi) is 3.77. The molecule has 8 heteroatoms. The summed E-state index contributed by atoms with van der Waals surface area (Å²) in [6.07, 6.45) is 1.43. The van der Waals surface area contributed by atoms with Crippen LogP contribution >= 0.6 is 0 Å². The number of nitrogens with zero attached hydrogens (tertiary/aromatic N) is 2. The second kappa shape index (κ2) is 5.04. The minimum Gasteiger partial charge on any atom is -0.373 e. The number of sulfonamides is 1. The van der Waals surface area contributed by atoms with E-state index < -0.39 is 15.6 Å². The molecule has 7 nitrogen and oxygen atoms in total. The highest BCUT2D eigenvalue weighted by Crippen LogP contribution is 2.25. The van der Waals surface area contributed by atoms with Gasteiger partial charge in [-0.15, -0.1) is 0 Å². The van der Waals surface area contributed by atoms with Crippen molar-refractivity contribution in [2.45, 2.75) is 24.5 Å². The lowest BCUT2D eigenvalue weighted by Crippen LogP contribution is -2.50. The standard InChI is InChI=1S/C11H18N4O3S/c1-11(2)8-15(6-7-18-11)19(16,17)10-9(14-12)4-3-5-13-10/h3-5,14H,6-8,12H2,1-2H3. The molecule has 0 radical (unpaired) electrons. The van der Waals surface area contributed by atoms with E-state index in [1.54, 1.807) is 12.1 Å². The second-order valence-corrected chi connectivity index (χ2v) is 6.80. The van der Waals surface area contributed by atoms with Crippen LogP contribution < -0.4 is 11.3 Å². The Balaban J connectivity index is 2.37. The third-order valence-electron chi connectivity index (χ3n) is 2.90. The van der Waals surface area contributed by atoms with Gasteiger partial charge in [-0.25, -0.2) is 13.4 Å². The van der Waals surface area contributed by atoms with Crippen LogP contribution in [0.4, 0.5) is 5.69 Å². The number of morpholine rings is 1. The molecule has 3 N–H and O–H groups in total. The number of hydrogen-bond donors (Lipinski definition) is 2. The van der Waals surface area contributed by atoms with E-state index in [4.69, 9.17) is 10.6 Å². The van der Waals surface area contributed by atoms with Crippen molar-refractivity contribution in [3.8, 4) is 0 Å². The van der Waals surface area contributed by atoms with Crippen molar-refractivity contribution in [1.29, 1.82) is 0 Å². The summed E-state index contributed by atoms with van der Waals surface area (Å²) in [5, 5.41) is -0.0600. The van der Waals surface area contributed by atoms with Gasteiger partial charge in [0.1, 0.15) is 0 Å². The van der Waals surface area contributed by atoms with E-state index in [1.807, 2.05) is 13.8 Å². The minimum atomic E-state index is -3.68. The number of hydrogen-bond acceptors (Lipinski definition) is 6. The fourth-order valence-corrected chi connectivity index (χ4v) is 3.65. The SMILES string of the molecule is CC1(C)CN(S(=O)(=O)c2ncccc2NN)CCO1. The molecule has 1 aromatic rings. The Morgan fingerprint density at radius 2 is 2.26 bits per heavy atom. The average molecular weight is 286 g/mol. The number of nitrogens with two attached hydrogens (primary N) is 1. The van der Waals surface area contributed by atoms with Gasteiger partial charge in [0.25, 0.3) is 10.0 Å². The molecule has 0 aliphatic carbocycles. The lowest BCUT2D eigenvalue weighted by Gasteiger charge is -2.37. The number of nitrogens with one attached hydrogen (secondary N) is 1. The van der Waals surface area contributed by atoms with Gasteiger partial charge >= 0.3 is 0 Å². The maximum Gasteiger partial charge on any atom is 0.262 e. The molecule has 2 heterocycles. The highest BCUT2D eigenvalue weighted by Gasteiger charge is 2.36. The summed E-state index contributed by atoms with van der Waals surface area (Å²) in [5.41, 5.74) is 2.14. The fourth-order valence-electron chi connectivity index (χ4n) is 2.01. The number of nitrogen functional groups attached to an aromatic ring is 1. The lowest BCUT2D eigenvalue weighted by atomic mass is 10.1. The number of aromatic nitrogens is 1. The van der Waals surface area contributed by atoms with Crippen LogP contribution in [0, 0.1) is 0 Å². The molecule has 0 saturated carbocycles. The highest BCUT2D eigenvalue weighted by atomic mass is 32.2. The first-order chi connectivity index (χ1) is 8.87. The molecule has 1 saturated heterocycles. The van der Waals surface area contributed by atoms with E-state index in [0.29, 0.717) is 13.2 Å². The van der Waals surface area contributed by atoms with Crippen molar-refractivity contribution < 1.29 is 13.2 Å². The van der Waals surface area contributed by atoms with Crippen LogP contribution in [0.15, 0.2) is 23.4 Å². The molecule has 0 spiro atoms. The second-order valence-electron chi connectivity index (χ2n) is 4.95. The zero-order valence-electron chi connectivity index (χ0n) is 11.0. The van der Waals surface area contributed by atoms with E-state index in [9.17, 15) is 8.42 Å². The van der Waals surface area contributed by atoms with E-state index in [1.165, 1.54) is 10.5 Å². The van der Waals surface area contributed by atoms with Crippen molar-refractivity contribution in [3.63, 3.8) is 0 Å². The van der Waals surface area contributed by atoms with Crippen LogP contribution in [0.1, 0.15) is 13.8 Å². The number of anilines is 1. The molecule has 106 valence electrons. The summed E-state index contributed by atoms with van der Waals surface area (Å²) in [5.74, 6) is 5.33. The van der Waals surface area contributed by atoms with Crippen LogP contribution in [0.3, 0.4) is 0 Å². The van der Waals surface area contributed by atoms with E-state index >= 15 is 0 Å². The molecule has 1 aliphatic rings. The van der Waals surface area contributed by atoms with Crippen molar-refractivity contribution in [1.82, 2.24) is 9.29 Å². The molecular formula is C11H18N4O3S. The van der Waals surface area contributed by atoms with Gasteiger partial charge in [0.15, 0.2) is 5.03 Å². The van der Waals surface area contributed by atoms with Crippen molar-refractivity contribution in [2.24, 2.45) is 5.84 Å². The molecule has 2 rings (SSSR count). The summed E-state index contributed by atoms with van der Waals surface area (Å²) < 4.78 is 32.0. The summed E-state index contributed by atoms with van der Waals surface area (Å²) >= 11 is 0. The summed E-state index contributed by atoms with van der Waals surface area (Å²) in [7, 11) is -3.68. The number of rotatable bonds is 3. The number of ether oxygens (including phenoxy) is 1. The molecule has 0 bridgehead atoms. The maximum atomic E-state index is 12.6. The first-order valence-corrected chi connectivity index (χ1v) is 7.36. The van der Waals surface area contributed by atoms with Gasteiger partial charge in [-0.05, 0) is 26.0 Å². The minimum absolute atomic E-state index is 0.0600. The van der Waals surface area contributed by atoms with Crippen LogP contribution in [-0.4, -0.2) is 43.0 Å². The Morgan fingerprint density at radius 3 is 2.89 bits per heavy atom. The smallest absolute Gasteiger partial charge is 0.262 e. The normalized spacial score (nSPS) is 20.2. The zero-order valence-corrected chi connectivity index (χ0v) is 11.8. The Morgan fingerprint density at radius 1 is 1.53 bits per heavy atom. The van der Waals surface area contributed by atoms with E-state index in [2.05, 4.69) is 10.4 Å². The molecule has 1 aliphatic heterocycles. The van der Waals surface area contributed by atoms with Crippen molar-refractivity contribution in [3.05, 3.63) is 18.3 Å². The quantitative estimate of drug-likeness (QED) is 0.607. The molecule has 0 atom stereocenters. The van der Waals surface area contributed by atoms with E-state index in [0.717, 1.165) is 0 Å². The van der Waals surface area contributed by atoms with Gasteiger partial charge in [-0.2, -0.15) is 4.31 Å². The largest absolute Gasteiger partial charge is 0.373 e. The third-order valence-corrected chi connectivity index (χ3v) is 4.71. The molecule has 1 fully saturated rings. The average Bonchev–Trinajstić information content (AvgIpc) is 2.37. The molecule has 0 amide bonds. The molecule has 19 heavy (non-hydrogen) atoms. The van der Waals surface area contributed by atoms with Gasteiger partial charge in [-0.1, -0.05) is 0 Å². The predicted molar refractivity (Wildman–Crippen MR) is 70.8 cm³/mol. The number of pyridine rings is 1. The van der Waals surface area contributed by atoms with Gasteiger partial charge in [0.05, 0.1) is 17.9 Å². The third kappa shape index (κ3) is 2.86. The monoisotopic (exact) mass is 286 g/mol. The summed E-state index contributed by atoms with van der Waals surface area (Å²) in [4.78, 5) is 3.93. The first-order valence-electron chi connectivity index (χ1n) is 5.92. The van der Waals surface area contributed by atoms with Crippen LogP contribution in [0.25, 0.3) is 0 Å². The van der Waals surface area contributed by atoms with Crippen LogP contribution in [-0.2, 0) is 14.8 Å². The van der Waals surface area contributed by atoms with Crippen molar-refractivity contribution in [2.75, 3.05) is 25.1 Å². The topological polar surface area (TPSA) is 97.6 Å². The highest BCUT2D eigenvalue weighted by molar-refractivity contribution is 7.89. The first kappa shape index (κ1) is 14.2. The molecular weight excluding hydrogens is 268 g/mol. The Labute approximate surface area is 112 Å². The van der Waals surface area contributed by atoms with Gasteiger partial charge in [0, 0.05) is 19.3 Å². The Bertz CT molecular complexity index is 559. The molecule has 0 unspecified atom stereocenters. The predicted octanol–water partition coefficient (Wildman–Crippen LogP) is 0.167. The van der Waals surface area contributed by atoms with Crippen LogP contribution in [0.2, 0.25) is 0 Å². The maximum absolute atomic E-state index is 12.6. The lowest BCUT2D eigenvalue weighted by molar-refractivity contribution is -0.0640. The summed E-state index contributed by atoms with van der Waals surface area (Å²) in [6, 6.07) is 3.20. The molecule has 0 aromatic carbocycles. The fraction of sp³-hybridized carbons (Fsp3) is 0.545. The molecule has 1 aromatic heterocycles. The summed E-state index contributed by atoms with van der Waals surface area (Å²) in [6.45, 7) is 4.68. The Hall–Kier alpha value is -1.22. The van der Waals surface area contributed by atoms with Gasteiger partial charge < -0.3 is 10.2 Å². The zero-order chi connectivity index (χ0) is 14.1. The van der Waals surface area contributed by atoms with Gasteiger partial charge in [-0.3, -0.25) is 5.84 Å². The van der Waals surface area contributed by atoms with Crippen LogP contribution in [0.5, 0.6) is 0 Å². The van der Waals surface area contributed by atoms with E-state index in [-0.39, 0.29) is 17.3 Å². The van der Waals surface area contributed by atoms with Crippen molar-refractivity contribution >= 4 is 15.7 Å². The van der Waals surface area contributed by atoms with Gasteiger partial charge in [0.2, 0.25) is 0 Å².